The van der Waals surface area contributed by atoms with E-state index in [0.29, 0.717) is 31.1 Å². The molecule has 0 spiro atoms. The molecule has 1 unspecified atom stereocenters. The number of fused-ring (bicyclic) bond motifs is 1. The van der Waals surface area contributed by atoms with Crippen LogP contribution in [0.2, 0.25) is 0 Å². The highest BCUT2D eigenvalue weighted by molar-refractivity contribution is 7.89. The van der Waals surface area contributed by atoms with Crippen molar-refractivity contribution >= 4 is 21.9 Å². The molecule has 1 atom stereocenters. The van der Waals surface area contributed by atoms with Crippen LogP contribution in [-0.2, 0) is 37.2 Å². The molecule has 1 saturated heterocycles. The van der Waals surface area contributed by atoms with Crippen LogP contribution in [0, 0.1) is 5.92 Å². The summed E-state index contributed by atoms with van der Waals surface area (Å²) in [4.78, 5) is 28.4. The number of carbonyl (C=O) groups is 2. The van der Waals surface area contributed by atoms with E-state index in [0.717, 1.165) is 24.8 Å². The number of rotatable bonds is 8. The Kier molecular flexibility index (Phi) is 7.72. The maximum atomic E-state index is 13.1. The summed E-state index contributed by atoms with van der Waals surface area (Å²) in [7, 11) is -2.20. The normalized spacial score (nSPS) is 18.1. The van der Waals surface area contributed by atoms with Crippen LogP contribution in [0.25, 0.3) is 0 Å². The minimum absolute atomic E-state index is 0.0477. The lowest BCUT2D eigenvalue weighted by Gasteiger charge is -2.35. The smallest absolute Gasteiger partial charge is 0.309 e. The number of piperazine rings is 1. The van der Waals surface area contributed by atoms with Gasteiger partial charge in [0.25, 0.3) is 0 Å². The van der Waals surface area contributed by atoms with E-state index in [9.17, 15) is 18.0 Å². The number of sulfonamides is 1. The highest BCUT2D eigenvalue weighted by Crippen LogP contribution is 2.26. The first-order valence-corrected chi connectivity index (χ1v) is 12.4. The lowest BCUT2D eigenvalue weighted by Crippen LogP contribution is -2.52. The van der Waals surface area contributed by atoms with E-state index < -0.39 is 10.0 Å². The van der Waals surface area contributed by atoms with Crippen molar-refractivity contribution in [3.05, 3.63) is 29.3 Å². The first-order valence-electron chi connectivity index (χ1n) is 11.0. The first-order chi connectivity index (χ1) is 14.8. The molecule has 172 valence electrons. The Morgan fingerprint density at radius 1 is 1.13 bits per heavy atom. The lowest BCUT2D eigenvalue weighted by molar-refractivity contribution is -0.146. The third kappa shape index (κ3) is 5.45. The number of amides is 1. The van der Waals surface area contributed by atoms with Gasteiger partial charge in [-0.05, 0) is 49.1 Å². The molecule has 8 nitrogen and oxygen atoms in total. The number of esters is 1. The van der Waals surface area contributed by atoms with Crippen LogP contribution < -0.4 is 0 Å². The summed E-state index contributed by atoms with van der Waals surface area (Å²) in [5.41, 5.74) is 2.38. The van der Waals surface area contributed by atoms with Gasteiger partial charge in [-0.3, -0.25) is 14.5 Å². The number of likely N-dealkylation sites (N-methyl/N-ethyl adjacent to an activating group) is 1. The van der Waals surface area contributed by atoms with Crippen molar-refractivity contribution in [3.63, 3.8) is 0 Å². The SMILES string of the molecule is CCN(CC(=O)N1CCN(S(=O)(=O)c2ccc3c(c2)CCC3)CC1)CC(C)C(=O)OC. The number of aryl methyl sites for hydroxylation is 2. The van der Waals surface area contributed by atoms with Crippen molar-refractivity contribution in [2.45, 2.75) is 38.0 Å². The average Bonchev–Trinajstić information content (AvgIpc) is 3.25. The molecule has 1 fully saturated rings. The second kappa shape index (κ2) is 10.1. The second-order valence-corrected chi connectivity index (χ2v) is 10.3. The third-order valence-corrected chi connectivity index (χ3v) is 8.14. The van der Waals surface area contributed by atoms with E-state index in [1.165, 1.54) is 17.0 Å². The average molecular weight is 452 g/mol. The summed E-state index contributed by atoms with van der Waals surface area (Å²) in [5.74, 6) is -0.656. The van der Waals surface area contributed by atoms with Crippen LogP contribution >= 0.6 is 0 Å². The fraction of sp³-hybridized carbons (Fsp3) is 0.636. The van der Waals surface area contributed by atoms with Crippen molar-refractivity contribution in [2.75, 3.05) is 52.9 Å². The van der Waals surface area contributed by atoms with Crippen LogP contribution in [0.5, 0.6) is 0 Å². The van der Waals surface area contributed by atoms with Gasteiger partial charge in [-0.15, -0.1) is 0 Å². The Morgan fingerprint density at radius 3 is 2.45 bits per heavy atom. The van der Waals surface area contributed by atoms with E-state index in [2.05, 4.69) is 0 Å². The zero-order valence-electron chi connectivity index (χ0n) is 18.7. The molecule has 3 rings (SSSR count). The van der Waals surface area contributed by atoms with Gasteiger partial charge in [0.15, 0.2) is 0 Å². The minimum Gasteiger partial charge on any atom is -0.469 e. The number of benzene rings is 1. The molecule has 31 heavy (non-hydrogen) atoms. The third-order valence-electron chi connectivity index (χ3n) is 6.24. The number of nitrogens with zero attached hydrogens (tertiary/aromatic N) is 3. The van der Waals surface area contributed by atoms with E-state index in [-0.39, 0.29) is 37.4 Å². The minimum atomic E-state index is -3.56. The van der Waals surface area contributed by atoms with Crippen molar-refractivity contribution in [3.8, 4) is 0 Å². The molecule has 1 aliphatic carbocycles. The van der Waals surface area contributed by atoms with Crippen LogP contribution in [-0.4, -0.2) is 87.3 Å². The highest BCUT2D eigenvalue weighted by atomic mass is 32.2. The fourth-order valence-corrected chi connectivity index (χ4v) is 5.77. The number of hydrogen-bond acceptors (Lipinski definition) is 6. The zero-order valence-corrected chi connectivity index (χ0v) is 19.5. The molecule has 1 heterocycles. The Bertz CT molecular complexity index is 910. The molecule has 1 aromatic carbocycles. The zero-order chi connectivity index (χ0) is 22.6. The number of methoxy groups -OCH3 is 1. The number of ether oxygens (including phenoxy) is 1. The van der Waals surface area contributed by atoms with Crippen LogP contribution in [0.1, 0.15) is 31.4 Å². The maximum absolute atomic E-state index is 13.1. The van der Waals surface area contributed by atoms with Crippen LogP contribution in [0.4, 0.5) is 0 Å². The topological polar surface area (TPSA) is 87.2 Å². The standard InChI is InChI=1S/C22H33N3O5S/c1-4-23(15-17(2)22(27)30-3)16-21(26)24-10-12-25(13-11-24)31(28,29)20-9-8-18-6-5-7-19(18)14-20/h8-9,14,17H,4-7,10-13,15-16H2,1-3H3. The molecule has 2 aliphatic rings. The van der Waals surface area contributed by atoms with Crippen molar-refractivity contribution in [2.24, 2.45) is 5.92 Å². The monoisotopic (exact) mass is 451 g/mol. The molecule has 0 bridgehead atoms. The highest BCUT2D eigenvalue weighted by Gasteiger charge is 2.31. The Labute approximate surface area is 185 Å². The van der Waals surface area contributed by atoms with Crippen LogP contribution in [0.3, 0.4) is 0 Å². The molecular formula is C22H33N3O5S. The molecule has 0 saturated carbocycles. The summed E-state index contributed by atoms with van der Waals surface area (Å²) in [5, 5.41) is 0. The predicted molar refractivity (Wildman–Crippen MR) is 117 cm³/mol. The molecular weight excluding hydrogens is 418 g/mol. The quantitative estimate of drug-likeness (QED) is 0.551. The number of hydrogen-bond donors (Lipinski definition) is 0. The van der Waals surface area contributed by atoms with Gasteiger partial charge in [-0.2, -0.15) is 4.31 Å². The van der Waals surface area contributed by atoms with E-state index in [1.807, 2.05) is 24.0 Å². The van der Waals surface area contributed by atoms with Gasteiger partial charge in [0, 0.05) is 32.7 Å². The molecule has 1 aliphatic heterocycles. The summed E-state index contributed by atoms with van der Waals surface area (Å²) < 4.78 is 32.4. The molecule has 0 N–H and O–H groups in total. The predicted octanol–water partition coefficient (Wildman–Crippen LogP) is 1.14. The molecule has 1 aromatic rings. The van der Waals surface area contributed by atoms with Gasteiger partial charge >= 0.3 is 5.97 Å². The summed E-state index contributed by atoms with van der Waals surface area (Å²) in [6.07, 6.45) is 3.03. The summed E-state index contributed by atoms with van der Waals surface area (Å²) >= 11 is 0. The van der Waals surface area contributed by atoms with Gasteiger partial charge in [0.2, 0.25) is 15.9 Å². The molecule has 0 radical (unpaired) electrons. The van der Waals surface area contributed by atoms with Gasteiger partial charge in [0.1, 0.15) is 0 Å². The fourth-order valence-electron chi connectivity index (χ4n) is 4.30. The second-order valence-electron chi connectivity index (χ2n) is 8.32. The number of carbonyl (C=O) groups excluding carboxylic acids is 2. The molecule has 9 heteroatoms. The van der Waals surface area contributed by atoms with E-state index in [4.69, 9.17) is 4.74 Å². The first kappa shape index (κ1) is 23.7. The van der Waals surface area contributed by atoms with Gasteiger partial charge in [-0.1, -0.05) is 19.9 Å². The Hall–Kier alpha value is -1.97. The maximum Gasteiger partial charge on any atom is 0.309 e. The Balaban J connectivity index is 1.56. The summed E-state index contributed by atoms with van der Waals surface area (Å²) in [6.45, 7) is 6.32. The van der Waals surface area contributed by atoms with Crippen molar-refractivity contribution in [1.82, 2.24) is 14.1 Å². The van der Waals surface area contributed by atoms with E-state index in [1.54, 1.807) is 17.9 Å². The molecule has 1 amide bonds. The van der Waals surface area contributed by atoms with Gasteiger partial charge < -0.3 is 9.64 Å². The van der Waals surface area contributed by atoms with Crippen molar-refractivity contribution in [1.29, 1.82) is 0 Å². The van der Waals surface area contributed by atoms with E-state index >= 15 is 0 Å². The summed E-state index contributed by atoms with van der Waals surface area (Å²) in [6, 6.07) is 5.46. The molecule has 0 aromatic heterocycles. The lowest BCUT2D eigenvalue weighted by atomic mass is 10.1. The Morgan fingerprint density at radius 2 is 1.81 bits per heavy atom. The largest absolute Gasteiger partial charge is 0.469 e. The van der Waals surface area contributed by atoms with Gasteiger partial charge in [0.05, 0.1) is 24.5 Å². The van der Waals surface area contributed by atoms with Crippen molar-refractivity contribution < 1.29 is 22.7 Å². The van der Waals surface area contributed by atoms with Crippen LogP contribution in [0.15, 0.2) is 23.1 Å². The van der Waals surface area contributed by atoms with Gasteiger partial charge in [-0.25, -0.2) is 8.42 Å².